The van der Waals surface area contributed by atoms with Crippen molar-refractivity contribution in [2.75, 3.05) is 0 Å². The molecular formula is C9H7Cl2NO2. The molecule has 1 aromatic rings. The van der Waals surface area contributed by atoms with Crippen LogP contribution in [-0.4, -0.2) is 16.3 Å². The van der Waals surface area contributed by atoms with Crippen molar-refractivity contribution < 1.29 is 10.2 Å². The Balaban J connectivity index is 2.98. The topological polar surface area (TPSA) is 64.2 Å². The lowest BCUT2D eigenvalue weighted by Crippen LogP contribution is -2.15. The van der Waals surface area contributed by atoms with E-state index in [1.54, 1.807) is 0 Å². The van der Waals surface area contributed by atoms with E-state index in [0.717, 1.165) is 0 Å². The Morgan fingerprint density at radius 1 is 1.21 bits per heavy atom. The number of hydrogen-bond donors (Lipinski definition) is 2. The molecule has 0 aromatic heterocycles. The Bertz CT molecular complexity index is 376. The molecule has 0 aliphatic carbocycles. The van der Waals surface area contributed by atoms with Crippen LogP contribution in [0.3, 0.4) is 0 Å². The standard InChI is InChI=1S/C9H7Cl2NO2/c10-6-2-1-5(3-7(6)11)9(14)8(13)4-12/h1-3,8-9,13-14H. The van der Waals surface area contributed by atoms with Crippen LogP contribution in [0.1, 0.15) is 11.7 Å². The Morgan fingerprint density at radius 3 is 2.36 bits per heavy atom. The molecular weight excluding hydrogens is 225 g/mol. The molecule has 0 bridgehead atoms. The summed E-state index contributed by atoms with van der Waals surface area (Å²) in [6, 6.07) is 5.93. The fourth-order valence-electron chi connectivity index (χ4n) is 0.949. The average molecular weight is 232 g/mol. The first-order chi connectivity index (χ1) is 6.56. The van der Waals surface area contributed by atoms with Crippen molar-refractivity contribution in [3.05, 3.63) is 33.8 Å². The molecule has 3 nitrogen and oxygen atoms in total. The van der Waals surface area contributed by atoms with E-state index in [9.17, 15) is 5.11 Å². The third kappa shape index (κ3) is 2.37. The van der Waals surface area contributed by atoms with Gasteiger partial charge in [-0.1, -0.05) is 29.3 Å². The lowest BCUT2D eigenvalue weighted by molar-refractivity contribution is 0.0528. The molecule has 1 aromatic carbocycles. The summed E-state index contributed by atoms with van der Waals surface area (Å²) in [6.07, 6.45) is -2.73. The van der Waals surface area contributed by atoms with Crippen LogP contribution in [0.25, 0.3) is 0 Å². The first-order valence-corrected chi connectivity index (χ1v) is 4.52. The minimum Gasteiger partial charge on any atom is -0.385 e. The maximum atomic E-state index is 9.43. The minimum atomic E-state index is -1.47. The van der Waals surface area contributed by atoms with Gasteiger partial charge in [-0.05, 0) is 17.7 Å². The molecule has 0 fully saturated rings. The first kappa shape index (κ1) is 11.3. The number of rotatable bonds is 2. The van der Waals surface area contributed by atoms with Crippen LogP contribution in [-0.2, 0) is 0 Å². The van der Waals surface area contributed by atoms with Gasteiger partial charge in [-0.25, -0.2) is 0 Å². The smallest absolute Gasteiger partial charge is 0.170 e. The van der Waals surface area contributed by atoms with Crippen LogP contribution < -0.4 is 0 Å². The summed E-state index contributed by atoms with van der Waals surface area (Å²) in [5.74, 6) is 0. The van der Waals surface area contributed by atoms with E-state index >= 15 is 0 Å². The average Bonchev–Trinajstić information content (AvgIpc) is 2.20. The highest BCUT2D eigenvalue weighted by molar-refractivity contribution is 6.42. The molecule has 1 rings (SSSR count). The van der Waals surface area contributed by atoms with Crippen LogP contribution >= 0.6 is 23.2 Å². The van der Waals surface area contributed by atoms with Crippen LogP contribution in [0, 0.1) is 11.3 Å². The molecule has 0 aliphatic rings. The molecule has 0 amide bonds. The fourth-order valence-corrected chi connectivity index (χ4v) is 1.26. The highest BCUT2D eigenvalue weighted by Crippen LogP contribution is 2.26. The van der Waals surface area contributed by atoms with E-state index in [-0.39, 0.29) is 5.02 Å². The fraction of sp³-hybridized carbons (Fsp3) is 0.222. The molecule has 2 N–H and O–H groups in total. The van der Waals surface area contributed by atoms with Crippen molar-refractivity contribution in [3.63, 3.8) is 0 Å². The van der Waals surface area contributed by atoms with Crippen LogP contribution in [0.5, 0.6) is 0 Å². The molecule has 2 unspecified atom stereocenters. The zero-order valence-corrected chi connectivity index (χ0v) is 8.50. The van der Waals surface area contributed by atoms with E-state index in [0.29, 0.717) is 10.6 Å². The Morgan fingerprint density at radius 2 is 1.86 bits per heavy atom. The summed E-state index contributed by atoms with van der Waals surface area (Å²) in [5.41, 5.74) is 0.355. The second-order valence-corrected chi connectivity index (χ2v) is 3.51. The zero-order chi connectivity index (χ0) is 10.7. The monoisotopic (exact) mass is 231 g/mol. The molecule has 5 heteroatoms. The van der Waals surface area contributed by atoms with Crippen LogP contribution in [0.4, 0.5) is 0 Å². The molecule has 0 aliphatic heterocycles. The van der Waals surface area contributed by atoms with Gasteiger partial charge in [0.05, 0.1) is 16.1 Å². The highest BCUT2D eigenvalue weighted by atomic mass is 35.5. The van der Waals surface area contributed by atoms with Gasteiger partial charge in [0.25, 0.3) is 0 Å². The van der Waals surface area contributed by atoms with Crippen molar-refractivity contribution in [2.24, 2.45) is 0 Å². The predicted molar refractivity (Wildman–Crippen MR) is 53.0 cm³/mol. The van der Waals surface area contributed by atoms with Gasteiger partial charge in [-0.15, -0.1) is 0 Å². The van der Waals surface area contributed by atoms with E-state index < -0.39 is 12.2 Å². The third-order valence-corrected chi connectivity index (χ3v) is 2.46. The summed E-state index contributed by atoms with van der Waals surface area (Å²) >= 11 is 11.4. The van der Waals surface area contributed by atoms with Gasteiger partial charge in [0.2, 0.25) is 0 Å². The summed E-state index contributed by atoms with van der Waals surface area (Å²) in [5, 5.41) is 27.5. The van der Waals surface area contributed by atoms with Crippen molar-refractivity contribution in [1.29, 1.82) is 5.26 Å². The maximum absolute atomic E-state index is 9.43. The summed E-state index contributed by atoms with van der Waals surface area (Å²) < 4.78 is 0. The maximum Gasteiger partial charge on any atom is 0.170 e. The molecule has 0 saturated heterocycles. The highest BCUT2D eigenvalue weighted by Gasteiger charge is 2.18. The van der Waals surface area contributed by atoms with Gasteiger partial charge >= 0.3 is 0 Å². The molecule has 0 radical (unpaired) electrons. The van der Waals surface area contributed by atoms with Gasteiger partial charge in [-0.3, -0.25) is 0 Å². The number of hydrogen-bond acceptors (Lipinski definition) is 3. The zero-order valence-electron chi connectivity index (χ0n) is 6.98. The van der Waals surface area contributed by atoms with Gasteiger partial charge in [0.1, 0.15) is 6.10 Å². The summed E-state index contributed by atoms with van der Waals surface area (Å²) in [6.45, 7) is 0. The van der Waals surface area contributed by atoms with Gasteiger partial charge in [0, 0.05) is 0 Å². The molecule has 74 valence electrons. The second-order valence-electron chi connectivity index (χ2n) is 2.69. The Labute approximate surface area is 91.1 Å². The Hall–Kier alpha value is -0.790. The number of halogens is 2. The van der Waals surface area contributed by atoms with E-state index in [4.69, 9.17) is 33.6 Å². The molecule has 2 atom stereocenters. The van der Waals surface area contributed by atoms with Crippen molar-refractivity contribution in [3.8, 4) is 6.07 Å². The van der Waals surface area contributed by atoms with E-state index in [1.807, 2.05) is 0 Å². The third-order valence-electron chi connectivity index (χ3n) is 1.72. The summed E-state index contributed by atoms with van der Waals surface area (Å²) in [7, 11) is 0. The van der Waals surface area contributed by atoms with Crippen molar-refractivity contribution in [2.45, 2.75) is 12.2 Å². The van der Waals surface area contributed by atoms with Crippen molar-refractivity contribution in [1.82, 2.24) is 0 Å². The van der Waals surface area contributed by atoms with Gasteiger partial charge in [0.15, 0.2) is 6.10 Å². The SMILES string of the molecule is N#CC(O)C(O)c1ccc(Cl)c(Cl)c1. The second kappa shape index (κ2) is 4.63. The molecule has 0 spiro atoms. The molecule has 0 heterocycles. The first-order valence-electron chi connectivity index (χ1n) is 3.77. The molecule has 0 saturated carbocycles. The summed E-state index contributed by atoms with van der Waals surface area (Å²) in [4.78, 5) is 0. The lowest BCUT2D eigenvalue weighted by Gasteiger charge is -2.12. The number of nitrogens with zero attached hydrogens (tertiary/aromatic N) is 1. The normalized spacial score (nSPS) is 14.5. The van der Waals surface area contributed by atoms with Crippen LogP contribution in [0.15, 0.2) is 18.2 Å². The van der Waals surface area contributed by atoms with E-state index in [2.05, 4.69) is 0 Å². The molecule has 14 heavy (non-hydrogen) atoms. The minimum absolute atomic E-state index is 0.272. The largest absolute Gasteiger partial charge is 0.385 e. The Kier molecular flexibility index (Phi) is 3.73. The number of nitriles is 1. The quantitative estimate of drug-likeness (QED) is 0.765. The number of benzene rings is 1. The lowest BCUT2D eigenvalue weighted by atomic mass is 10.1. The van der Waals surface area contributed by atoms with Crippen molar-refractivity contribution >= 4 is 23.2 Å². The number of aliphatic hydroxyl groups is 2. The van der Waals surface area contributed by atoms with Gasteiger partial charge < -0.3 is 10.2 Å². The predicted octanol–water partition coefficient (Wildman–Crippen LogP) is 1.91. The number of aliphatic hydroxyl groups excluding tert-OH is 2. The van der Waals surface area contributed by atoms with E-state index in [1.165, 1.54) is 24.3 Å². The van der Waals surface area contributed by atoms with Gasteiger partial charge in [-0.2, -0.15) is 5.26 Å². The van der Waals surface area contributed by atoms with Crippen LogP contribution in [0.2, 0.25) is 10.0 Å².